The van der Waals surface area contributed by atoms with Crippen molar-refractivity contribution < 1.29 is 21.9 Å². The third kappa shape index (κ3) is 3.12. The van der Waals surface area contributed by atoms with Crippen LogP contribution in [0.15, 0.2) is 64.0 Å². The molecule has 3 rings (SSSR count). The van der Waals surface area contributed by atoms with Gasteiger partial charge in [-0.2, -0.15) is 13.2 Å². The lowest BCUT2D eigenvalue weighted by Gasteiger charge is -2.07. The van der Waals surface area contributed by atoms with Crippen LogP contribution in [0.3, 0.4) is 0 Å². The van der Waals surface area contributed by atoms with Gasteiger partial charge < -0.3 is 4.52 Å². The van der Waals surface area contributed by atoms with E-state index in [1.807, 2.05) is 0 Å². The van der Waals surface area contributed by atoms with Gasteiger partial charge in [-0.1, -0.05) is 47.6 Å². The van der Waals surface area contributed by atoms with Crippen LogP contribution < -0.4 is 0 Å². The Morgan fingerprint density at radius 1 is 0.958 bits per heavy atom. The topological polar surface area (TPSA) is 43.1 Å². The molecule has 0 bridgehead atoms. The number of nitrogens with zero attached hydrogens (tertiary/aromatic N) is 1. The van der Waals surface area contributed by atoms with Gasteiger partial charge >= 0.3 is 6.18 Å². The highest BCUT2D eigenvalue weighted by Gasteiger charge is 2.41. The molecule has 1 aromatic heterocycles. The van der Waals surface area contributed by atoms with Gasteiger partial charge in [-0.3, -0.25) is 4.21 Å². The molecule has 0 spiro atoms. The van der Waals surface area contributed by atoms with E-state index >= 15 is 0 Å². The molecule has 0 aliphatic carbocycles. The first kappa shape index (κ1) is 16.4. The average molecular weight is 351 g/mol. The van der Waals surface area contributed by atoms with Gasteiger partial charge in [0.1, 0.15) is 5.69 Å². The van der Waals surface area contributed by atoms with Crippen molar-refractivity contribution in [2.24, 2.45) is 0 Å². The number of hydrogen-bond acceptors (Lipinski definition) is 3. The molecule has 7 heteroatoms. The zero-order chi connectivity index (χ0) is 17.3. The number of alkyl halides is 3. The molecule has 124 valence electrons. The molecule has 0 fully saturated rings. The van der Waals surface area contributed by atoms with Crippen molar-refractivity contribution in [3.8, 4) is 22.4 Å². The third-order valence-corrected chi connectivity index (χ3v) is 4.41. The number of rotatable bonds is 3. The molecule has 3 nitrogen and oxygen atoms in total. The van der Waals surface area contributed by atoms with Gasteiger partial charge in [-0.05, 0) is 17.7 Å². The fraction of sp³-hybridized carbons (Fsp3) is 0.118. The Morgan fingerprint density at radius 2 is 1.58 bits per heavy atom. The minimum absolute atomic E-state index is 0.0990. The highest BCUT2D eigenvalue weighted by molar-refractivity contribution is 7.84. The molecule has 0 aliphatic heterocycles. The molecule has 0 aliphatic rings. The maximum Gasteiger partial charge on any atom is 0.453 e. The molecule has 1 unspecified atom stereocenters. The van der Waals surface area contributed by atoms with Gasteiger partial charge in [0.15, 0.2) is 0 Å². The van der Waals surface area contributed by atoms with Crippen molar-refractivity contribution in [2.45, 2.75) is 11.1 Å². The first-order valence-corrected chi connectivity index (χ1v) is 8.50. The second-order valence-electron chi connectivity index (χ2n) is 5.08. The lowest BCUT2D eigenvalue weighted by Crippen LogP contribution is -2.05. The summed E-state index contributed by atoms with van der Waals surface area (Å²) < 4.78 is 55.8. The molecule has 0 saturated heterocycles. The predicted molar refractivity (Wildman–Crippen MR) is 84.7 cm³/mol. The van der Waals surface area contributed by atoms with E-state index in [2.05, 4.69) is 9.68 Å². The Kier molecular flexibility index (Phi) is 4.28. The summed E-state index contributed by atoms with van der Waals surface area (Å²) in [6, 6.07) is 14.5. The summed E-state index contributed by atoms with van der Waals surface area (Å²) in [6.45, 7) is 0. The van der Waals surface area contributed by atoms with Crippen molar-refractivity contribution in [3.63, 3.8) is 0 Å². The van der Waals surface area contributed by atoms with E-state index < -0.39 is 22.7 Å². The van der Waals surface area contributed by atoms with Crippen molar-refractivity contribution in [2.75, 3.05) is 6.26 Å². The molecule has 0 radical (unpaired) electrons. The normalized spacial score (nSPS) is 13.0. The van der Waals surface area contributed by atoms with E-state index in [4.69, 9.17) is 0 Å². The van der Waals surface area contributed by atoms with E-state index in [-0.39, 0.29) is 11.3 Å². The summed E-state index contributed by atoms with van der Waals surface area (Å²) in [5.74, 6) is -1.13. The van der Waals surface area contributed by atoms with Gasteiger partial charge in [0.2, 0.25) is 5.76 Å². The van der Waals surface area contributed by atoms with E-state index in [9.17, 15) is 17.4 Å². The molecule has 1 heterocycles. The quantitative estimate of drug-likeness (QED) is 0.683. The van der Waals surface area contributed by atoms with Crippen LogP contribution in [0.1, 0.15) is 5.76 Å². The van der Waals surface area contributed by atoms with Crippen LogP contribution in [0, 0.1) is 0 Å². The first-order chi connectivity index (χ1) is 11.4. The Labute approximate surface area is 138 Å². The molecule has 1 atom stereocenters. The Hall–Kier alpha value is -2.41. The Bertz CT molecular complexity index is 871. The second kappa shape index (κ2) is 6.24. The zero-order valence-electron chi connectivity index (χ0n) is 12.5. The predicted octanol–water partition coefficient (Wildman–Crippen LogP) is 4.76. The third-order valence-electron chi connectivity index (χ3n) is 3.47. The van der Waals surface area contributed by atoms with Crippen LogP contribution in [-0.2, 0) is 17.0 Å². The standard InChI is InChI=1S/C17H12F3NO2S/c1-24(22)13-9-7-12(8-10-13)15-14(11-5-3-2-4-6-11)16(23-21-15)17(18,19)20/h2-10H,1H3. The number of aromatic nitrogens is 1. The highest BCUT2D eigenvalue weighted by Crippen LogP contribution is 2.42. The van der Waals surface area contributed by atoms with E-state index in [0.29, 0.717) is 16.0 Å². The molecule has 0 N–H and O–H groups in total. The average Bonchev–Trinajstić information content (AvgIpc) is 3.01. The largest absolute Gasteiger partial charge is 0.453 e. The van der Waals surface area contributed by atoms with Gasteiger partial charge in [0.25, 0.3) is 0 Å². The number of benzene rings is 2. The molecule has 0 amide bonds. The Balaban J connectivity index is 2.18. The highest BCUT2D eigenvalue weighted by atomic mass is 32.2. The summed E-state index contributed by atoms with van der Waals surface area (Å²) in [4.78, 5) is 0.583. The maximum atomic E-state index is 13.3. The minimum atomic E-state index is -4.65. The van der Waals surface area contributed by atoms with Crippen LogP contribution >= 0.6 is 0 Å². The summed E-state index contributed by atoms with van der Waals surface area (Å²) in [6.07, 6.45) is -3.12. The fourth-order valence-electron chi connectivity index (χ4n) is 2.36. The molecular weight excluding hydrogens is 339 g/mol. The van der Waals surface area contributed by atoms with Crippen molar-refractivity contribution >= 4 is 10.8 Å². The molecule has 0 saturated carbocycles. The smallest absolute Gasteiger partial charge is 0.350 e. The number of hydrogen-bond donors (Lipinski definition) is 0. The minimum Gasteiger partial charge on any atom is -0.350 e. The number of halogens is 3. The van der Waals surface area contributed by atoms with Crippen LogP contribution in [-0.4, -0.2) is 15.6 Å². The van der Waals surface area contributed by atoms with E-state index in [1.165, 1.54) is 6.26 Å². The van der Waals surface area contributed by atoms with Gasteiger partial charge in [-0.25, -0.2) is 0 Å². The van der Waals surface area contributed by atoms with Crippen molar-refractivity contribution in [1.82, 2.24) is 5.16 Å². The van der Waals surface area contributed by atoms with Crippen LogP contribution in [0.2, 0.25) is 0 Å². The summed E-state index contributed by atoms with van der Waals surface area (Å²) >= 11 is 0. The SMILES string of the molecule is CS(=O)c1ccc(-c2noc(C(F)(F)F)c2-c2ccccc2)cc1. The fourth-order valence-corrected chi connectivity index (χ4v) is 2.88. The summed E-state index contributed by atoms with van der Waals surface area (Å²) in [5, 5.41) is 3.63. The molecule has 3 aromatic rings. The second-order valence-corrected chi connectivity index (χ2v) is 6.46. The lowest BCUT2D eigenvalue weighted by atomic mass is 9.99. The van der Waals surface area contributed by atoms with Crippen LogP contribution in [0.25, 0.3) is 22.4 Å². The lowest BCUT2D eigenvalue weighted by molar-refractivity contribution is -0.154. The van der Waals surface area contributed by atoms with Crippen LogP contribution in [0.5, 0.6) is 0 Å². The van der Waals surface area contributed by atoms with E-state index in [0.717, 1.165) is 0 Å². The van der Waals surface area contributed by atoms with E-state index in [1.54, 1.807) is 54.6 Å². The van der Waals surface area contributed by atoms with Crippen LogP contribution in [0.4, 0.5) is 13.2 Å². The molecule has 2 aromatic carbocycles. The summed E-state index contributed by atoms with van der Waals surface area (Å²) in [5.41, 5.74) is 0.821. The van der Waals surface area contributed by atoms with Gasteiger partial charge in [-0.15, -0.1) is 0 Å². The molecule has 24 heavy (non-hydrogen) atoms. The molecular formula is C17H12F3NO2S. The van der Waals surface area contributed by atoms with Crippen molar-refractivity contribution in [3.05, 3.63) is 60.4 Å². The summed E-state index contributed by atoms with van der Waals surface area (Å²) in [7, 11) is -1.17. The monoisotopic (exact) mass is 351 g/mol. The first-order valence-electron chi connectivity index (χ1n) is 6.94. The zero-order valence-corrected chi connectivity index (χ0v) is 13.3. The van der Waals surface area contributed by atoms with Crippen molar-refractivity contribution in [1.29, 1.82) is 0 Å². The Morgan fingerprint density at radius 3 is 2.12 bits per heavy atom. The van der Waals surface area contributed by atoms with Gasteiger partial charge in [0.05, 0.1) is 5.56 Å². The van der Waals surface area contributed by atoms with Gasteiger partial charge in [0, 0.05) is 27.5 Å². The maximum absolute atomic E-state index is 13.3.